The number of likely N-dealkylation sites (N-methyl/N-ethyl adjacent to an activating group) is 1. The zero-order valence-corrected chi connectivity index (χ0v) is 17.5. The molecule has 0 radical (unpaired) electrons. The summed E-state index contributed by atoms with van der Waals surface area (Å²) in [5.74, 6) is 0.00463. The van der Waals surface area contributed by atoms with Crippen LogP contribution in [0.15, 0.2) is 60.7 Å². The van der Waals surface area contributed by atoms with E-state index in [-0.39, 0.29) is 5.91 Å². The maximum Gasteiger partial charge on any atom is 0.216 e. The van der Waals surface area contributed by atoms with Gasteiger partial charge < -0.3 is 10.2 Å². The fourth-order valence-electron chi connectivity index (χ4n) is 2.81. The normalized spacial score (nSPS) is 14.0. The number of fused-ring (bicyclic) bond motifs is 1. The molecule has 0 spiro atoms. The number of benzene rings is 2. The van der Waals surface area contributed by atoms with Crippen molar-refractivity contribution in [2.45, 2.75) is 46.6 Å². The first-order chi connectivity index (χ1) is 12.4. The Hall–Kier alpha value is -2.13. The van der Waals surface area contributed by atoms with Crippen LogP contribution in [-0.2, 0) is 16.8 Å². The fraction of sp³-hybridized carbons (Fsp3) is 0.435. The third-order valence-electron chi connectivity index (χ3n) is 3.87. The van der Waals surface area contributed by atoms with E-state index in [1.165, 1.54) is 18.1 Å². The van der Waals surface area contributed by atoms with Crippen LogP contribution in [0, 0.1) is 0 Å². The van der Waals surface area contributed by atoms with E-state index in [1.54, 1.807) is 7.05 Å². The fourth-order valence-corrected chi connectivity index (χ4v) is 2.81. The zero-order valence-electron chi connectivity index (χ0n) is 17.5. The lowest BCUT2D eigenvalue weighted by Gasteiger charge is -2.38. The highest BCUT2D eigenvalue weighted by Crippen LogP contribution is 2.32. The molecule has 1 aliphatic rings. The van der Waals surface area contributed by atoms with Gasteiger partial charge in [-0.1, -0.05) is 88.4 Å². The molecule has 3 nitrogen and oxygen atoms in total. The van der Waals surface area contributed by atoms with Crippen molar-refractivity contribution in [3.8, 4) is 0 Å². The van der Waals surface area contributed by atoms with Crippen molar-refractivity contribution in [2.75, 3.05) is 20.6 Å². The summed E-state index contributed by atoms with van der Waals surface area (Å²) in [5.41, 5.74) is 3.32. The second-order valence-electron chi connectivity index (χ2n) is 6.67. The third-order valence-corrected chi connectivity index (χ3v) is 3.87. The molecule has 1 aliphatic heterocycles. The number of hydrogen-bond acceptors (Lipinski definition) is 2. The Kier molecular flexibility index (Phi) is 12.0. The van der Waals surface area contributed by atoms with Crippen LogP contribution in [0.2, 0.25) is 0 Å². The molecule has 0 fully saturated rings. The molecule has 3 rings (SSSR count). The number of nitrogens with one attached hydrogen (secondary N) is 1. The molecule has 3 heteroatoms. The Bertz CT molecular complexity index is 582. The van der Waals surface area contributed by atoms with Crippen LogP contribution < -0.4 is 5.32 Å². The van der Waals surface area contributed by atoms with Gasteiger partial charge in [-0.25, -0.2) is 0 Å². The molecule has 0 aromatic heterocycles. The largest absolute Gasteiger partial charge is 0.359 e. The van der Waals surface area contributed by atoms with Crippen LogP contribution in [0.1, 0.15) is 45.7 Å². The summed E-state index contributed by atoms with van der Waals surface area (Å²) >= 11 is 0. The van der Waals surface area contributed by atoms with Gasteiger partial charge in [0, 0.05) is 32.5 Å². The summed E-state index contributed by atoms with van der Waals surface area (Å²) in [6.07, 6.45) is 0. The molecular weight excluding hydrogens is 320 g/mol. The number of amides is 1. The second kappa shape index (κ2) is 13.1. The van der Waals surface area contributed by atoms with E-state index in [1.807, 2.05) is 50.2 Å². The summed E-state index contributed by atoms with van der Waals surface area (Å²) in [6.45, 7) is 12.4. The maximum absolute atomic E-state index is 9.70. The molecule has 26 heavy (non-hydrogen) atoms. The minimum atomic E-state index is 0.00463. The number of hydrogen-bond donors (Lipinski definition) is 1. The molecular formula is C23H36N2O. The van der Waals surface area contributed by atoms with Gasteiger partial charge in [0.25, 0.3) is 0 Å². The van der Waals surface area contributed by atoms with Crippen LogP contribution >= 0.6 is 0 Å². The summed E-state index contributed by atoms with van der Waals surface area (Å²) in [5, 5.41) is 2.39. The predicted octanol–water partition coefficient (Wildman–Crippen LogP) is 4.87. The molecule has 0 aliphatic carbocycles. The van der Waals surface area contributed by atoms with Gasteiger partial charge in [0.05, 0.1) is 0 Å². The smallest absolute Gasteiger partial charge is 0.216 e. The molecule has 2 aromatic carbocycles. The zero-order chi connectivity index (χ0) is 20.0. The molecule has 0 atom stereocenters. The standard InChI is InChI=1S/C12H17N.C6H6.C3H7NO.C2H6/c1-12(2)9-13(3)8-10-6-4-5-7-11(10)12;1-2-4-6-5-3-1;1-3(5)4-2;1-2/h4-7H,8-9H2,1-3H3;1-6H;1-2H3,(H,4,5);1-2H3. The molecule has 1 amide bonds. The van der Waals surface area contributed by atoms with Gasteiger partial charge in [0.1, 0.15) is 0 Å². The van der Waals surface area contributed by atoms with Crippen molar-refractivity contribution in [1.82, 2.24) is 10.2 Å². The molecule has 2 aromatic rings. The molecule has 1 N–H and O–H groups in total. The average Bonchev–Trinajstić information content (AvgIpc) is 2.65. The topological polar surface area (TPSA) is 32.3 Å². The van der Waals surface area contributed by atoms with Crippen LogP contribution in [0.5, 0.6) is 0 Å². The number of carbonyl (C=O) groups excluding carboxylic acids is 1. The number of rotatable bonds is 0. The highest BCUT2D eigenvalue weighted by Gasteiger charge is 2.29. The van der Waals surface area contributed by atoms with Crippen LogP contribution in [-0.4, -0.2) is 31.4 Å². The minimum Gasteiger partial charge on any atom is -0.359 e. The molecule has 0 bridgehead atoms. The van der Waals surface area contributed by atoms with Gasteiger partial charge in [-0.15, -0.1) is 0 Å². The lowest BCUT2D eigenvalue weighted by atomic mass is 9.79. The van der Waals surface area contributed by atoms with Crippen molar-refractivity contribution in [1.29, 1.82) is 0 Å². The van der Waals surface area contributed by atoms with E-state index in [2.05, 4.69) is 55.4 Å². The van der Waals surface area contributed by atoms with Gasteiger partial charge >= 0.3 is 0 Å². The molecule has 144 valence electrons. The summed E-state index contributed by atoms with van der Waals surface area (Å²) in [7, 11) is 3.79. The highest BCUT2D eigenvalue weighted by atomic mass is 16.1. The second-order valence-corrected chi connectivity index (χ2v) is 6.67. The predicted molar refractivity (Wildman–Crippen MR) is 113 cm³/mol. The monoisotopic (exact) mass is 356 g/mol. The van der Waals surface area contributed by atoms with Crippen molar-refractivity contribution in [3.05, 3.63) is 71.8 Å². The van der Waals surface area contributed by atoms with Crippen molar-refractivity contribution in [3.63, 3.8) is 0 Å². The lowest BCUT2D eigenvalue weighted by Crippen LogP contribution is -2.39. The Balaban J connectivity index is 0.000000402. The van der Waals surface area contributed by atoms with Gasteiger partial charge in [-0.2, -0.15) is 0 Å². The Morgan fingerprint density at radius 3 is 1.81 bits per heavy atom. The van der Waals surface area contributed by atoms with Crippen LogP contribution in [0.4, 0.5) is 0 Å². The Labute approximate surface area is 160 Å². The maximum atomic E-state index is 9.70. The quantitative estimate of drug-likeness (QED) is 0.730. The highest BCUT2D eigenvalue weighted by molar-refractivity contribution is 5.72. The lowest BCUT2D eigenvalue weighted by molar-refractivity contribution is -0.118. The molecule has 0 unspecified atom stereocenters. The van der Waals surface area contributed by atoms with Crippen LogP contribution in [0.3, 0.4) is 0 Å². The summed E-state index contributed by atoms with van der Waals surface area (Å²) in [4.78, 5) is 12.1. The third kappa shape index (κ3) is 9.38. The average molecular weight is 357 g/mol. The van der Waals surface area contributed by atoms with Crippen molar-refractivity contribution in [2.24, 2.45) is 0 Å². The van der Waals surface area contributed by atoms with E-state index in [9.17, 15) is 4.79 Å². The van der Waals surface area contributed by atoms with E-state index in [0.29, 0.717) is 5.41 Å². The number of nitrogens with zero attached hydrogens (tertiary/aromatic N) is 1. The van der Waals surface area contributed by atoms with Crippen molar-refractivity contribution < 1.29 is 4.79 Å². The SMILES string of the molecule is CC.CN1Cc2ccccc2C(C)(C)C1.CNC(C)=O.c1ccccc1. The molecule has 1 heterocycles. The van der Waals surface area contributed by atoms with Crippen LogP contribution in [0.25, 0.3) is 0 Å². The van der Waals surface area contributed by atoms with Gasteiger partial charge in [-0.05, 0) is 18.2 Å². The van der Waals surface area contributed by atoms with Gasteiger partial charge in [-0.3, -0.25) is 4.79 Å². The van der Waals surface area contributed by atoms with E-state index in [4.69, 9.17) is 0 Å². The number of carbonyl (C=O) groups is 1. The van der Waals surface area contributed by atoms with E-state index >= 15 is 0 Å². The molecule has 0 saturated heterocycles. The van der Waals surface area contributed by atoms with E-state index < -0.39 is 0 Å². The Morgan fingerprint density at radius 1 is 0.962 bits per heavy atom. The Morgan fingerprint density at radius 2 is 1.38 bits per heavy atom. The first kappa shape index (κ1) is 23.9. The summed E-state index contributed by atoms with van der Waals surface area (Å²) in [6, 6.07) is 20.8. The van der Waals surface area contributed by atoms with Crippen molar-refractivity contribution >= 4 is 5.91 Å². The van der Waals surface area contributed by atoms with Gasteiger partial charge in [0.15, 0.2) is 0 Å². The first-order valence-corrected chi connectivity index (χ1v) is 9.32. The first-order valence-electron chi connectivity index (χ1n) is 9.32. The van der Waals surface area contributed by atoms with E-state index in [0.717, 1.165) is 13.1 Å². The minimum absolute atomic E-state index is 0.00463. The van der Waals surface area contributed by atoms with Gasteiger partial charge in [0.2, 0.25) is 5.91 Å². The summed E-state index contributed by atoms with van der Waals surface area (Å²) < 4.78 is 0. The molecule has 0 saturated carbocycles.